The first-order valence-electron chi connectivity index (χ1n) is 12.5. The number of hydrogen-bond donors (Lipinski definition) is 1. The predicted octanol–water partition coefficient (Wildman–Crippen LogP) is 4.89. The number of pyridine rings is 1. The zero-order valence-electron chi connectivity index (χ0n) is 21.2. The van der Waals surface area contributed by atoms with E-state index in [9.17, 15) is 18.4 Å². The molecule has 1 N–H and O–H groups in total. The highest BCUT2D eigenvalue weighted by Gasteiger charge is 2.31. The van der Waals surface area contributed by atoms with Crippen molar-refractivity contribution in [3.63, 3.8) is 0 Å². The third-order valence-electron chi connectivity index (χ3n) is 6.19. The molecule has 0 spiro atoms. The number of rotatable bonds is 12. The van der Waals surface area contributed by atoms with Gasteiger partial charge < -0.3 is 19.5 Å². The van der Waals surface area contributed by atoms with Gasteiger partial charge in [0.15, 0.2) is 11.5 Å². The molecule has 2 aromatic heterocycles. The van der Waals surface area contributed by atoms with Gasteiger partial charge in [-0.15, -0.1) is 0 Å². The zero-order valence-corrected chi connectivity index (χ0v) is 21.2. The van der Waals surface area contributed by atoms with E-state index >= 15 is 0 Å². The molecule has 8 nitrogen and oxygen atoms in total. The predicted molar refractivity (Wildman–Crippen MR) is 135 cm³/mol. The van der Waals surface area contributed by atoms with Crippen LogP contribution in [0.5, 0.6) is 5.88 Å². The number of nitrogens with one attached hydrogen (secondary N) is 1. The molecule has 1 aromatic carbocycles. The maximum absolute atomic E-state index is 14.1. The number of carbonyl (C=O) groups excluding carboxylic acids is 2. The Morgan fingerprint density at radius 3 is 2.54 bits per heavy atom. The van der Waals surface area contributed by atoms with Gasteiger partial charge in [-0.3, -0.25) is 9.59 Å². The molecule has 3 aromatic rings. The van der Waals surface area contributed by atoms with Crippen molar-refractivity contribution in [1.82, 2.24) is 19.4 Å². The summed E-state index contributed by atoms with van der Waals surface area (Å²) in [5, 5.41) is 2.55. The van der Waals surface area contributed by atoms with E-state index in [0.29, 0.717) is 36.6 Å². The van der Waals surface area contributed by atoms with Gasteiger partial charge in [0, 0.05) is 19.1 Å². The molecule has 37 heavy (non-hydrogen) atoms. The lowest BCUT2D eigenvalue weighted by atomic mass is 10.2. The Hall–Kier alpha value is -3.82. The van der Waals surface area contributed by atoms with Crippen LogP contribution in [-0.2, 0) is 11.3 Å². The number of anilines is 1. The Bertz CT molecular complexity index is 1260. The molecule has 0 radical (unpaired) electrons. The summed E-state index contributed by atoms with van der Waals surface area (Å²) in [7, 11) is 0. The largest absolute Gasteiger partial charge is 0.477 e. The van der Waals surface area contributed by atoms with Crippen molar-refractivity contribution >= 4 is 18.1 Å². The van der Waals surface area contributed by atoms with E-state index in [1.165, 1.54) is 24.3 Å². The van der Waals surface area contributed by atoms with E-state index in [2.05, 4.69) is 15.3 Å². The summed E-state index contributed by atoms with van der Waals surface area (Å²) >= 11 is 0. The third-order valence-corrected chi connectivity index (χ3v) is 6.19. The second-order valence-corrected chi connectivity index (χ2v) is 9.44. The maximum atomic E-state index is 14.1. The standard InChI is InChI=1S/C27H31F2N5O3/c1-4-13-33(17(2)3)27(36)23-24(30-16-35)32-25(34(23)14-18-7-9-20(28)10-8-18)21-11-12-22(29)31-26(21)37-15-19-5-6-19/h7-12,16-17,19H,4-6,13-15H2,1-3H3,(H,30,35). The molecule has 1 aliphatic carbocycles. The Balaban J connectivity index is 1.90. The van der Waals surface area contributed by atoms with Crippen LogP contribution in [0.2, 0.25) is 0 Å². The van der Waals surface area contributed by atoms with E-state index in [1.807, 2.05) is 20.8 Å². The highest BCUT2D eigenvalue weighted by Crippen LogP contribution is 2.35. The van der Waals surface area contributed by atoms with Crippen LogP contribution in [-0.4, -0.2) is 50.9 Å². The van der Waals surface area contributed by atoms with E-state index in [4.69, 9.17) is 4.74 Å². The van der Waals surface area contributed by atoms with Crippen LogP contribution in [0, 0.1) is 17.7 Å². The van der Waals surface area contributed by atoms with Crippen LogP contribution in [0.25, 0.3) is 11.4 Å². The fourth-order valence-corrected chi connectivity index (χ4v) is 4.11. The normalized spacial score (nSPS) is 13.0. The van der Waals surface area contributed by atoms with E-state index in [1.54, 1.807) is 21.6 Å². The van der Waals surface area contributed by atoms with Crippen molar-refractivity contribution in [1.29, 1.82) is 0 Å². The number of imidazole rings is 1. The van der Waals surface area contributed by atoms with Gasteiger partial charge in [-0.1, -0.05) is 19.1 Å². The molecule has 0 atom stereocenters. The van der Waals surface area contributed by atoms with Crippen LogP contribution in [0.1, 0.15) is 56.1 Å². The summed E-state index contributed by atoms with van der Waals surface area (Å²) in [5.74, 6) is -0.619. The van der Waals surface area contributed by atoms with Gasteiger partial charge in [0.25, 0.3) is 5.91 Å². The summed E-state index contributed by atoms with van der Waals surface area (Å²) in [6, 6.07) is 8.47. The van der Waals surface area contributed by atoms with E-state index in [0.717, 1.165) is 19.3 Å². The minimum Gasteiger partial charge on any atom is -0.477 e. The van der Waals surface area contributed by atoms with Crippen LogP contribution in [0.4, 0.5) is 14.6 Å². The summed E-state index contributed by atoms with van der Waals surface area (Å²) in [5.41, 5.74) is 1.24. The number of aromatic nitrogens is 3. The van der Waals surface area contributed by atoms with Crippen LogP contribution >= 0.6 is 0 Å². The quantitative estimate of drug-likeness (QED) is 0.276. The molecule has 2 amide bonds. The van der Waals surface area contributed by atoms with Crippen LogP contribution in [0.3, 0.4) is 0 Å². The lowest BCUT2D eigenvalue weighted by Gasteiger charge is -2.27. The van der Waals surface area contributed by atoms with Gasteiger partial charge in [-0.2, -0.15) is 9.37 Å². The molecular weight excluding hydrogens is 480 g/mol. The number of nitrogens with zero attached hydrogens (tertiary/aromatic N) is 4. The molecule has 0 bridgehead atoms. The molecular formula is C27H31F2N5O3. The van der Waals surface area contributed by atoms with Crippen LogP contribution in [0.15, 0.2) is 36.4 Å². The number of halogens is 2. The minimum atomic E-state index is -0.706. The number of benzene rings is 1. The second-order valence-electron chi connectivity index (χ2n) is 9.44. The average Bonchev–Trinajstić information content (AvgIpc) is 3.64. The smallest absolute Gasteiger partial charge is 0.274 e. The number of carbonyl (C=O) groups is 2. The van der Waals surface area contributed by atoms with Crippen molar-refractivity contribution in [3.05, 3.63) is 59.4 Å². The first-order chi connectivity index (χ1) is 17.8. The summed E-state index contributed by atoms with van der Waals surface area (Å²) in [6.45, 7) is 6.84. The molecule has 196 valence electrons. The maximum Gasteiger partial charge on any atom is 0.274 e. The van der Waals surface area contributed by atoms with Gasteiger partial charge in [0.2, 0.25) is 18.2 Å². The summed E-state index contributed by atoms with van der Waals surface area (Å²) < 4.78 is 35.3. The molecule has 0 aliphatic heterocycles. The fourth-order valence-electron chi connectivity index (χ4n) is 4.11. The molecule has 1 aliphatic rings. The zero-order chi connectivity index (χ0) is 26.5. The summed E-state index contributed by atoms with van der Waals surface area (Å²) in [6.07, 6.45) is 3.27. The van der Waals surface area contributed by atoms with Gasteiger partial charge in [-0.25, -0.2) is 9.37 Å². The molecule has 10 heteroatoms. The lowest BCUT2D eigenvalue weighted by molar-refractivity contribution is -0.105. The van der Waals surface area contributed by atoms with E-state index in [-0.39, 0.29) is 47.5 Å². The lowest BCUT2D eigenvalue weighted by Crippen LogP contribution is -2.39. The molecule has 0 saturated heterocycles. The Kier molecular flexibility index (Phi) is 8.15. The third kappa shape index (κ3) is 6.12. The van der Waals surface area contributed by atoms with Gasteiger partial charge in [0.1, 0.15) is 11.6 Å². The first kappa shape index (κ1) is 26.2. The van der Waals surface area contributed by atoms with Gasteiger partial charge in [-0.05, 0) is 68.9 Å². The van der Waals surface area contributed by atoms with Crippen molar-refractivity contribution < 1.29 is 23.1 Å². The van der Waals surface area contributed by atoms with Crippen molar-refractivity contribution in [2.75, 3.05) is 18.5 Å². The van der Waals surface area contributed by atoms with Crippen molar-refractivity contribution in [2.24, 2.45) is 5.92 Å². The molecule has 4 rings (SSSR count). The fraction of sp³-hybridized carbons (Fsp3) is 0.407. The Labute approximate surface area is 214 Å². The number of ether oxygens (including phenoxy) is 1. The number of amides is 2. The second kappa shape index (κ2) is 11.5. The molecule has 1 fully saturated rings. The monoisotopic (exact) mass is 511 g/mol. The Morgan fingerprint density at radius 1 is 1.19 bits per heavy atom. The van der Waals surface area contributed by atoms with Crippen molar-refractivity contribution in [2.45, 2.75) is 52.6 Å². The highest BCUT2D eigenvalue weighted by molar-refractivity contribution is 6.00. The van der Waals surface area contributed by atoms with Gasteiger partial charge in [0.05, 0.1) is 12.2 Å². The summed E-state index contributed by atoms with van der Waals surface area (Å²) in [4.78, 5) is 35.7. The highest BCUT2D eigenvalue weighted by atomic mass is 19.1. The number of hydrogen-bond acceptors (Lipinski definition) is 5. The molecule has 0 unspecified atom stereocenters. The van der Waals surface area contributed by atoms with Gasteiger partial charge >= 0.3 is 0 Å². The topological polar surface area (TPSA) is 89.3 Å². The minimum absolute atomic E-state index is 0.0585. The average molecular weight is 512 g/mol. The SMILES string of the molecule is CCCN(C(=O)c1c(NC=O)nc(-c2ccc(F)nc2OCC2CC2)n1Cc1ccc(F)cc1)C(C)C. The Morgan fingerprint density at radius 2 is 1.92 bits per heavy atom. The molecule has 2 heterocycles. The molecule has 1 saturated carbocycles. The van der Waals surface area contributed by atoms with E-state index < -0.39 is 5.95 Å². The van der Waals surface area contributed by atoms with Crippen molar-refractivity contribution in [3.8, 4) is 17.3 Å². The first-order valence-corrected chi connectivity index (χ1v) is 12.5. The van der Waals surface area contributed by atoms with Crippen LogP contribution < -0.4 is 10.1 Å².